The molecule has 1 unspecified atom stereocenters. The van der Waals surface area contributed by atoms with Crippen LogP contribution >= 0.6 is 0 Å². The first kappa shape index (κ1) is 9.21. The van der Waals surface area contributed by atoms with Crippen LogP contribution in [0, 0.1) is 6.92 Å². The smallest absolute Gasteiger partial charge is 0.106 e. The van der Waals surface area contributed by atoms with Crippen LogP contribution in [0.4, 0.5) is 0 Å². The summed E-state index contributed by atoms with van der Waals surface area (Å²) >= 11 is 0. The number of hydrogen-bond donors (Lipinski definition) is 1. The number of benzene rings is 1. The molecule has 0 bridgehead atoms. The first-order valence-corrected chi connectivity index (χ1v) is 4.70. The molecule has 0 spiro atoms. The number of fused-ring (bicyclic) bond motifs is 1. The molecule has 2 rings (SSSR count). The maximum absolute atomic E-state index is 9.42. The molecule has 1 aromatic carbocycles. The summed E-state index contributed by atoms with van der Waals surface area (Å²) in [6, 6.07) is 5.87. The van der Waals surface area contributed by atoms with E-state index < -0.39 is 6.10 Å². The second kappa shape index (κ2) is 3.10. The van der Waals surface area contributed by atoms with Crippen LogP contribution in [0.25, 0.3) is 11.0 Å². The summed E-state index contributed by atoms with van der Waals surface area (Å²) in [4.78, 5) is 4.41. The van der Waals surface area contributed by atoms with Gasteiger partial charge in [-0.15, -0.1) is 0 Å². The van der Waals surface area contributed by atoms with Crippen molar-refractivity contribution in [2.45, 2.75) is 20.0 Å². The minimum atomic E-state index is -0.429. The van der Waals surface area contributed by atoms with E-state index in [2.05, 4.69) is 4.98 Å². The quantitative estimate of drug-likeness (QED) is 0.746. The molecule has 0 saturated carbocycles. The minimum Gasteiger partial charge on any atom is -0.389 e. The Morgan fingerprint density at radius 2 is 2.14 bits per heavy atom. The van der Waals surface area contributed by atoms with Gasteiger partial charge >= 0.3 is 0 Å². The molecule has 0 radical (unpaired) electrons. The van der Waals surface area contributed by atoms with Crippen LogP contribution in [-0.4, -0.2) is 14.7 Å². The summed E-state index contributed by atoms with van der Waals surface area (Å²) in [5.41, 5.74) is 2.96. The first-order valence-electron chi connectivity index (χ1n) is 4.70. The molecule has 2 aromatic rings. The van der Waals surface area contributed by atoms with E-state index in [-0.39, 0.29) is 0 Å². The van der Waals surface area contributed by atoms with E-state index >= 15 is 0 Å². The molecule has 0 aliphatic rings. The number of rotatable bonds is 1. The molecule has 3 heteroatoms. The Labute approximate surface area is 83.0 Å². The lowest BCUT2D eigenvalue weighted by atomic mass is 10.1. The maximum Gasteiger partial charge on any atom is 0.106 e. The Morgan fingerprint density at radius 1 is 1.43 bits per heavy atom. The van der Waals surface area contributed by atoms with E-state index in [0.29, 0.717) is 0 Å². The molecular weight excluding hydrogens is 176 g/mol. The van der Waals surface area contributed by atoms with Crippen molar-refractivity contribution >= 4 is 11.0 Å². The van der Waals surface area contributed by atoms with Gasteiger partial charge in [-0.3, -0.25) is 0 Å². The number of aryl methyl sites for hydroxylation is 2. The fourth-order valence-corrected chi connectivity index (χ4v) is 1.60. The molecule has 14 heavy (non-hydrogen) atoms. The van der Waals surface area contributed by atoms with Gasteiger partial charge in [-0.25, -0.2) is 4.98 Å². The highest BCUT2D eigenvalue weighted by Gasteiger charge is 2.06. The zero-order chi connectivity index (χ0) is 10.3. The third-order valence-corrected chi connectivity index (χ3v) is 2.61. The number of aromatic nitrogens is 2. The van der Waals surface area contributed by atoms with Crippen LogP contribution in [-0.2, 0) is 7.05 Å². The highest BCUT2D eigenvalue weighted by Crippen LogP contribution is 2.20. The van der Waals surface area contributed by atoms with Crippen molar-refractivity contribution in [2.75, 3.05) is 0 Å². The van der Waals surface area contributed by atoms with Crippen molar-refractivity contribution in [1.29, 1.82) is 0 Å². The topological polar surface area (TPSA) is 38.1 Å². The molecule has 74 valence electrons. The molecule has 1 aromatic heterocycles. The number of imidazole rings is 1. The van der Waals surface area contributed by atoms with Gasteiger partial charge in [0.1, 0.15) is 5.82 Å². The molecule has 0 aliphatic carbocycles. The van der Waals surface area contributed by atoms with Gasteiger partial charge in [-0.05, 0) is 31.5 Å². The number of hydrogen-bond acceptors (Lipinski definition) is 2. The van der Waals surface area contributed by atoms with Crippen molar-refractivity contribution in [3.63, 3.8) is 0 Å². The maximum atomic E-state index is 9.42. The SMILES string of the molecule is Cc1nc2cc(C(C)O)ccc2n1C. The lowest BCUT2D eigenvalue weighted by Crippen LogP contribution is -1.92. The average molecular weight is 190 g/mol. The molecule has 1 heterocycles. The van der Waals surface area contributed by atoms with E-state index in [9.17, 15) is 5.11 Å². The number of aliphatic hydroxyl groups is 1. The van der Waals surface area contributed by atoms with Gasteiger partial charge in [0.15, 0.2) is 0 Å². The minimum absolute atomic E-state index is 0.429. The summed E-state index contributed by atoms with van der Waals surface area (Å²) in [5, 5.41) is 9.42. The zero-order valence-electron chi connectivity index (χ0n) is 8.65. The molecular formula is C11H14N2O. The van der Waals surface area contributed by atoms with Gasteiger partial charge < -0.3 is 9.67 Å². The molecule has 0 fully saturated rings. The van der Waals surface area contributed by atoms with Crippen LogP contribution in [0.2, 0.25) is 0 Å². The van der Waals surface area contributed by atoms with Crippen molar-refractivity contribution in [3.8, 4) is 0 Å². The highest BCUT2D eigenvalue weighted by atomic mass is 16.3. The molecule has 0 saturated heterocycles. The monoisotopic (exact) mass is 190 g/mol. The van der Waals surface area contributed by atoms with Gasteiger partial charge in [0.05, 0.1) is 17.1 Å². The second-order valence-electron chi connectivity index (χ2n) is 3.64. The molecule has 3 nitrogen and oxygen atoms in total. The van der Waals surface area contributed by atoms with Gasteiger partial charge in [-0.1, -0.05) is 6.07 Å². The normalized spacial score (nSPS) is 13.4. The molecule has 1 atom stereocenters. The van der Waals surface area contributed by atoms with Crippen molar-refractivity contribution < 1.29 is 5.11 Å². The van der Waals surface area contributed by atoms with E-state index in [1.54, 1.807) is 6.92 Å². The van der Waals surface area contributed by atoms with E-state index in [4.69, 9.17) is 0 Å². The largest absolute Gasteiger partial charge is 0.389 e. The summed E-state index contributed by atoms with van der Waals surface area (Å²) in [6.45, 7) is 3.74. The standard InChI is InChI=1S/C11H14N2O/c1-7(14)9-4-5-11-10(6-9)12-8(2)13(11)3/h4-7,14H,1-3H3. The van der Waals surface area contributed by atoms with Gasteiger partial charge in [-0.2, -0.15) is 0 Å². The van der Waals surface area contributed by atoms with Gasteiger partial charge in [0.25, 0.3) is 0 Å². The highest BCUT2D eigenvalue weighted by molar-refractivity contribution is 5.76. The third-order valence-electron chi connectivity index (χ3n) is 2.61. The zero-order valence-corrected chi connectivity index (χ0v) is 8.65. The summed E-state index contributed by atoms with van der Waals surface area (Å²) in [7, 11) is 1.99. The fourth-order valence-electron chi connectivity index (χ4n) is 1.60. The summed E-state index contributed by atoms with van der Waals surface area (Å²) in [5.74, 6) is 0.989. The Hall–Kier alpha value is -1.35. The lowest BCUT2D eigenvalue weighted by molar-refractivity contribution is 0.199. The fraction of sp³-hybridized carbons (Fsp3) is 0.364. The number of aliphatic hydroxyl groups excluding tert-OH is 1. The van der Waals surface area contributed by atoms with Gasteiger partial charge in [0, 0.05) is 7.05 Å². The lowest BCUT2D eigenvalue weighted by Gasteiger charge is -2.03. The first-order chi connectivity index (χ1) is 6.59. The summed E-state index contributed by atoms with van der Waals surface area (Å²) in [6.07, 6.45) is -0.429. The van der Waals surface area contributed by atoms with Crippen molar-refractivity contribution in [1.82, 2.24) is 9.55 Å². The third kappa shape index (κ3) is 1.30. The summed E-state index contributed by atoms with van der Waals surface area (Å²) < 4.78 is 2.04. The second-order valence-corrected chi connectivity index (χ2v) is 3.64. The van der Waals surface area contributed by atoms with Crippen LogP contribution in [0.1, 0.15) is 24.4 Å². The molecule has 0 amide bonds. The van der Waals surface area contributed by atoms with E-state index in [0.717, 1.165) is 22.4 Å². The predicted octanol–water partition coefficient (Wildman–Crippen LogP) is 1.94. The van der Waals surface area contributed by atoms with E-state index in [1.165, 1.54) is 0 Å². The number of nitrogens with zero attached hydrogens (tertiary/aromatic N) is 2. The Morgan fingerprint density at radius 3 is 2.79 bits per heavy atom. The van der Waals surface area contributed by atoms with Crippen molar-refractivity contribution in [2.24, 2.45) is 7.05 Å². The van der Waals surface area contributed by atoms with Crippen LogP contribution < -0.4 is 0 Å². The van der Waals surface area contributed by atoms with Crippen LogP contribution in [0.3, 0.4) is 0 Å². The Kier molecular flexibility index (Phi) is 2.04. The van der Waals surface area contributed by atoms with Crippen molar-refractivity contribution in [3.05, 3.63) is 29.6 Å². The van der Waals surface area contributed by atoms with Crippen LogP contribution in [0.15, 0.2) is 18.2 Å². The Balaban J connectivity index is 2.67. The molecule has 1 N–H and O–H groups in total. The van der Waals surface area contributed by atoms with Gasteiger partial charge in [0.2, 0.25) is 0 Å². The predicted molar refractivity (Wildman–Crippen MR) is 56.1 cm³/mol. The van der Waals surface area contributed by atoms with Crippen LogP contribution in [0.5, 0.6) is 0 Å². The average Bonchev–Trinajstić information content (AvgIpc) is 2.42. The molecule has 0 aliphatic heterocycles. The van der Waals surface area contributed by atoms with E-state index in [1.807, 2.05) is 36.7 Å². The Bertz CT molecular complexity index is 471.